The van der Waals surface area contributed by atoms with Gasteiger partial charge in [0.2, 0.25) is 0 Å². The van der Waals surface area contributed by atoms with Gasteiger partial charge < -0.3 is 15.3 Å². The largest absolute Gasteiger partial charge is 0.389 e. The van der Waals surface area contributed by atoms with Crippen LogP contribution in [-0.4, -0.2) is 57.7 Å². The Bertz CT molecular complexity index is 451. The van der Waals surface area contributed by atoms with Crippen LogP contribution in [0.15, 0.2) is 18.2 Å². The number of likely N-dealkylation sites (tertiary alicyclic amines) is 1. The molecule has 0 unspecified atom stereocenters. The van der Waals surface area contributed by atoms with E-state index in [1.807, 2.05) is 0 Å². The topological polar surface area (TPSA) is 63.9 Å². The minimum Gasteiger partial charge on any atom is -0.389 e. The third-order valence-electron chi connectivity index (χ3n) is 3.95. The monoisotopic (exact) mass is 287 g/mol. The van der Waals surface area contributed by atoms with Gasteiger partial charge in [-0.25, -0.2) is 8.78 Å². The van der Waals surface area contributed by atoms with Crippen LogP contribution in [0.25, 0.3) is 0 Å². The zero-order chi connectivity index (χ0) is 14.9. The average molecular weight is 287 g/mol. The number of nitrogens with zero attached hydrogens (tertiary/aromatic N) is 1. The molecule has 1 aliphatic heterocycles. The molecule has 1 aliphatic rings. The lowest BCUT2D eigenvalue weighted by Gasteiger charge is -2.42. The van der Waals surface area contributed by atoms with Gasteiger partial charge in [-0.15, -0.1) is 0 Å². The Hall–Kier alpha value is -1.08. The molecular formula is C14H19F2NO3. The number of piperidine rings is 1. The zero-order valence-electron chi connectivity index (χ0n) is 11.2. The first-order valence-electron chi connectivity index (χ1n) is 6.63. The first-order valence-corrected chi connectivity index (χ1v) is 6.63. The molecule has 0 amide bonds. The van der Waals surface area contributed by atoms with Crippen LogP contribution >= 0.6 is 0 Å². The molecule has 1 aromatic rings. The van der Waals surface area contributed by atoms with E-state index in [9.17, 15) is 24.1 Å². The second kappa shape index (κ2) is 6.13. The summed E-state index contributed by atoms with van der Waals surface area (Å²) in [7, 11) is 0. The van der Waals surface area contributed by atoms with Crippen LogP contribution in [0.5, 0.6) is 0 Å². The Morgan fingerprint density at radius 1 is 1.15 bits per heavy atom. The molecule has 0 aliphatic carbocycles. The maximum absolute atomic E-state index is 13.5. The minimum absolute atomic E-state index is 0.00481. The Balaban J connectivity index is 2.03. The fourth-order valence-electron chi connectivity index (χ4n) is 2.56. The van der Waals surface area contributed by atoms with Crippen LogP contribution < -0.4 is 0 Å². The highest BCUT2D eigenvalue weighted by Gasteiger charge is 2.38. The Kier molecular flexibility index (Phi) is 4.70. The molecule has 112 valence electrons. The summed E-state index contributed by atoms with van der Waals surface area (Å²) < 4.78 is 27.0. The van der Waals surface area contributed by atoms with Gasteiger partial charge in [0.25, 0.3) is 0 Å². The molecular weight excluding hydrogens is 268 g/mol. The van der Waals surface area contributed by atoms with E-state index in [4.69, 9.17) is 0 Å². The Labute approximate surface area is 116 Å². The number of hydrogen-bond acceptors (Lipinski definition) is 4. The number of hydrogen-bond donors (Lipinski definition) is 3. The summed E-state index contributed by atoms with van der Waals surface area (Å²) in [6, 6.07) is 3.32. The van der Waals surface area contributed by atoms with Crippen LogP contribution in [0.1, 0.15) is 12.5 Å². The Morgan fingerprint density at radius 3 is 2.35 bits per heavy atom. The van der Waals surface area contributed by atoms with Gasteiger partial charge in [-0.05, 0) is 25.5 Å². The molecule has 20 heavy (non-hydrogen) atoms. The third kappa shape index (κ3) is 2.98. The van der Waals surface area contributed by atoms with Crippen LogP contribution in [0.2, 0.25) is 0 Å². The third-order valence-corrected chi connectivity index (χ3v) is 3.95. The lowest BCUT2D eigenvalue weighted by atomic mass is 9.94. The van der Waals surface area contributed by atoms with Crippen LogP contribution in [-0.2, 0) is 6.42 Å². The summed E-state index contributed by atoms with van der Waals surface area (Å²) >= 11 is 0. The molecule has 3 N–H and O–H groups in total. The molecule has 2 rings (SSSR count). The predicted octanol–water partition coefficient (Wildman–Crippen LogP) is 0.294. The first kappa shape index (κ1) is 15.3. The average Bonchev–Trinajstić information content (AvgIpc) is 2.41. The first-order chi connectivity index (χ1) is 9.41. The predicted molar refractivity (Wildman–Crippen MR) is 69.1 cm³/mol. The molecule has 6 heteroatoms. The fourth-order valence-corrected chi connectivity index (χ4v) is 2.56. The van der Waals surface area contributed by atoms with Gasteiger partial charge in [-0.2, -0.15) is 0 Å². The lowest BCUT2D eigenvalue weighted by molar-refractivity contribution is -0.132. The summed E-state index contributed by atoms with van der Waals surface area (Å²) in [6.07, 6.45) is -3.19. The second-order valence-electron chi connectivity index (χ2n) is 5.23. The van der Waals surface area contributed by atoms with Crippen molar-refractivity contribution in [3.05, 3.63) is 35.4 Å². The number of β-amino-alcohol motifs (C(OH)–C–C–N with tert-alkyl or cyclic N) is 1. The van der Waals surface area contributed by atoms with E-state index in [-0.39, 0.29) is 24.6 Å². The lowest BCUT2D eigenvalue weighted by Crippen LogP contribution is -2.60. The fraction of sp³-hybridized carbons (Fsp3) is 0.571. The molecule has 0 radical (unpaired) electrons. The van der Waals surface area contributed by atoms with Crippen LogP contribution in [0, 0.1) is 11.6 Å². The van der Waals surface area contributed by atoms with Crippen molar-refractivity contribution in [1.29, 1.82) is 0 Å². The van der Waals surface area contributed by atoms with Crippen molar-refractivity contribution in [2.24, 2.45) is 0 Å². The van der Waals surface area contributed by atoms with Gasteiger partial charge >= 0.3 is 0 Å². The molecule has 1 aromatic carbocycles. The van der Waals surface area contributed by atoms with Gasteiger partial charge in [0.05, 0.1) is 12.2 Å². The van der Waals surface area contributed by atoms with Crippen molar-refractivity contribution in [1.82, 2.24) is 4.90 Å². The normalized spacial score (nSPS) is 31.5. The van der Waals surface area contributed by atoms with E-state index in [0.717, 1.165) is 0 Å². The molecule has 1 saturated heterocycles. The van der Waals surface area contributed by atoms with Crippen molar-refractivity contribution in [2.75, 3.05) is 13.1 Å². The molecule has 4 atom stereocenters. The van der Waals surface area contributed by atoms with Crippen molar-refractivity contribution in [3.8, 4) is 0 Å². The van der Waals surface area contributed by atoms with Crippen LogP contribution in [0.4, 0.5) is 8.78 Å². The van der Waals surface area contributed by atoms with Gasteiger partial charge in [0, 0.05) is 24.7 Å². The van der Waals surface area contributed by atoms with E-state index in [1.165, 1.54) is 18.2 Å². The molecule has 0 spiro atoms. The van der Waals surface area contributed by atoms with Crippen molar-refractivity contribution in [3.63, 3.8) is 0 Å². The maximum atomic E-state index is 13.5. The minimum atomic E-state index is -1.19. The van der Waals surface area contributed by atoms with Crippen molar-refractivity contribution < 1.29 is 24.1 Å². The quantitative estimate of drug-likeness (QED) is 0.748. The highest BCUT2D eigenvalue weighted by molar-refractivity contribution is 5.20. The van der Waals surface area contributed by atoms with Gasteiger partial charge in [-0.1, -0.05) is 6.07 Å². The summed E-state index contributed by atoms with van der Waals surface area (Å²) in [6.45, 7) is 2.16. The summed E-state index contributed by atoms with van der Waals surface area (Å²) in [5.74, 6) is -1.20. The summed E-state index contributed by atoms with van der Waals surface area (Å²) in [4.78, 5) is 1.72. The molecule has 0 aromatic heterocycles. The van der Waals surface area contributed by atoms with E-state index in [0.29, 0.717) is 6.54 Å². The van der Waals surface area contributed by atoms with Crippen molar-refractivity contribution >= 4 is 0 Å². The molecule has 1 heterocycles. The van der Waals surface area contributed by atoms with E-state index in [2.05, 4.69) is 0 Å². The van der Waals surface area contributed by atoms with E-state index in [1.54, 1.807) is 11.8 Å². The SMILES string of the molecule is C[C@@H]1[C@@H](O)[C@H](O)[C@@H](O)CN1CCc1c(F)cccc1F. The molecule has 0 saturated carbocycles. The highest BCUT2D eigenvalue weighted by atomic mass is 19.1. The van der Waals surface area contributed by atoms with E-state index < -0.39 is 29.9 Å². The number of benzene rings is 1. The summed E-state index contributed by atoms with van der Waals surface area (Å²) in [5.41, 5.74) is -0.00481. The van der Waals surface area contributed by atoms with Crippen molar-refractivity contribution in [2.45, 2.75) is 37.7 Å². The Morgan fingerprint density at radius 2 is 1.75 bits per heavy atom. The smallest absolute Gasteiger partial charge is 0.129 e. The number of aliphatic hydroxyl groups is 3. The molecule has 4 nitrogen and oxygen atoms in total. The van der Waals surface area contributed by atoms with E-state index >= 15 is 0 Å². The molecule has 0 bridgehead atoms. The van der Waals surface area contributed by atoms with Gasteiger partial charge in [-0.3, -0.25) is 4.90 Å². The van der Waals surface area contributed by atoms with Gasteiger partial charge in [0.1, 0.15) is 17.7 Å². The second-order valence-corrected chi connectivity index (χ2v) is 5.23. The summed E-state index contributed by atoms with van der Waals surface area (Å²) in [5, 5.41) is 29.0. The standard InChI is InChI=1S/C14H19F2NO3/c1-8-13(19)14(20)12(18)7-17(8)6-5-9-10(15)3-2-4-11(9)16/h2-4,8,12-14,18-20H,5-7H2,1H3/t8-,12+,13-,14-/m1/s1. The zero-order valence-corrected chi connectivity index (χ0v) is 11.2. The van der Waals surface area contributed by atoms with Crippen LogP contribution in [0.3, 0.4) is 0 Å². The number of rotatable bonds is 3. The maximum Gasteiger partial charge on any atom is 0.129 e. The number of halogens is 2. The molecule has 1 fully saturated rings. The van der Waals surface area contributed by atoms with Gasteiger partial charge in [0.15, 0.2) is 0 Å². The highest BCUT2D eigenvalue weighted by Crippen LogP contribution is 2.20. The number of aliphatic hydroxyl groups excluding tert-OH is 3.